The number of hydrogen-bond donors (Lipinski definition) is 1. The monoisotopic (exact) mass is 303 g/mol. The average Bonchev–Trinajstić information content (AvgIpc) is 2.42. The SMILES string of the molecule is COCCONS(=O)(=O)Cc1cccc(C(=O)OC)c1. The molecule has 0 spiro atoms. The van der Waals surface area contributed by atoms with Crippen molar-refractivity contribution in [3.8, 4) is 0 Å². The van der Waals surface area contributed by atoms with E-state index in [0.29, 0.717) is 11.1 Å². The first-order chi connectivity index (χ1) is 9.48. The molecule has 1 rings (SSSR count). The largest absolute Gasteiger partial charge is 0.465 e. The van der Waals surface area contributed by atoms with Crippen molar-refractivity contribution >= 4 is 16.0 Å². The second kappa shape index (κ2) is 7.95. The van der Waals surface area contributed by atoms with Crippen molar-refractivity contribution < 1.29 is 27.5 Å². The van der Waals surface area contributed by atoms with E-state index in [1.165, 1.54) is 20.3 Å². The van der Waals surface area contributed by atoms with Gasteiger partial charge in [0, 0.05) is 7.11 Å². The molecule has 8 heteroatoms. The Balaban J connectivity index is 2.65. The van der Waals surface area contributed by atoms with E-state index in [-0.39, 0.29) is 19.0 Å². The van der Waals surface area contributed by atoms with E-state index in [4.69, 9.17) is 9.57 Å². The Kier molecular flexibility index (Phi) is 6.59. The van der Waals surface area contributed by atoms with Gasteiger partial charge in [-0.1, -0.05) is 17.0 Å². The molecule has 0 radical (unpaired) electrons. The second-order valence-electron chi connectivity index (χ2n) is 3.88. The van der Waals surface area contributed by atoms with Crippen molar-refractivity contribution in [1.29, 1.82) is 0 Å². The highest BCUT2D eigenvalue weighted by Crippen LogP contribution is 2.09. The predicted octanol–water partition coefficient (Wildman–Crippen LogP) is 0.471. The maximum absolute atomic E-state index is 11.7. The van der Waals surface area contributed by atoms with Crippen LogP contribution in [0.25, 0.3) is 0 Å². The fourth-order valence-corrected chi connectivity index (χ4v) is 2.35. The van der Waals surface area contributed by atoms with Crippen molar-refractivity contribution in [3.05, 3.63) is 35.4 Å². The van der Waals surface area contributed by atoms with Crippen LogP contribution < -0.4 is 4.89 Å². The number of carbonyl (C=O) groups is 1. The van der Waals surface area contributed by atoms with Gasteiger partial charge in [-0.2, -0.15) is 0 Å². The van der Waals surface area contributed by atoms with Crippen molar-refractivity contribution in [2.45, 2.75) is 5.75 Å². The van der Waals surface area contributed by atoms with Gasteiger partial charge in [0.25, 0.3) is 0 Å². The fourth-order valence-electron chi connectivity index (χ4n) is 1.41. The Morgan fingerprint density at radius 1 is 1.25 bits per heavy atom. The molecule has 0 aliphatic rings. The normalized spacial score (nSPS) is 11.3. The van der Waals surface area contributed by atoms with E-state index in [1.54, 1.807) is 18.2 Å². The maximum atomic E-state index is 11.7. The zero-order valence-electron chi connectivity index (χ0n) is 11.3. The van der Waals surface area contributed by atoms with E-state index in [1.807, 2.05) is 4.89 Å². The zero-order valence-corrected chi connectivity index (χ0v) is 12.1. The van der Waals surface area contributed by atoms with Crippen LogP contribution in [0.15, 0.2) is 24.3 Å². The van der Waals surface area contributed by atoms with Gasteiger partial charge in [-0.15, -0.1) is 0 Å². The number of rotatable bonds is 8. The van der Waals surface area contributed by atoms with Crippen LogP contribution in [-0.4, -0.2) is 41.8 Å². The molecular formula is C12H17NO6S. The van der Waals surface area contributed by atoms with Gasteiger partial charge < -0.3 is 9.47 Å². The highest BCUT2D eigenvalue weighted by Gasteiger charge is 2.13. The Labute approximate surface area is 117 Å². The van der Waals surface area contributed by atoms with Crippen LogP contribution in [0.2, 0.25) is 0 Å². The van der Waals surface area contributed by atoms with Crippen LogP contribution in [0, 0.1) is 0 Å². The smallest absolute Gasteiger partial charge is 0.337 e. The number of methoxy groups -OCH3 is 2. The van der Waals surface area contributed by atoms with E-state index >= 15 is 0 Å². The number of sulfonamides is 1. The molecule has 1 aromatic carbocycles. The Hall–Kier alpha value is -1.48. The summed E-state index contributed by atoms with van der Waals surface area (Å²) in [6.07, 6.45) is 0. The lowest BCUT2D eigenvalue weighted by Crippen LogP contribution is -2.27. The van der Waals surface area contributed by atoms with Crippen molar-refractivity contribution in [2.24, 2.45) is 0 Å². The molecule has 112 valence electrons. The average molecular weight is 303 g/mol. The van der Waals surface area contributed by atoms with Gasteiger partial charge in [-0.25, -0.2) is 13.2 Å². The first-order valence-corrected chi connectivity index (χ1v) is 7.41. The minimum atomic E-state index is -3.64. The molecule has 1 N–H and O–H groups in total. The van der Waals surface area contributed by atoms with E-state index in [2.05, 4.69) is 4.74 Å². The summed E-state index contributed by atoms with van der Waals surface area (Å²) in [7, 11) is -0.901. The molecule has 1 aromatic rings. The standard InChI is InChI=1S/C12H17NO6S/c1-17-6-7-19-13-20(15,16)9-10-4-3-5-11(8-10)12(14)18-2/h3-5,8,13H,6-7,9H2,1-2H3. The van der Waals surface area contributed by atoms with Crippen molar-refractivity contribution in [1.82, 2.24) is 4.89 Å². The highest BCUT2D eigenvalue weighted by molar-refractivity contribution is 7.88. The quantitative estimate of drug-likeness (QED) is 0.426. The summed E-state index contributed by atoms with van der Waals surface area (Å²) in [6.45, 7) is 0.387. The summed E-state index contributed by atoms with van der Waals surface area (Å²) in [5.74, 6) is -0.821. The van der Waals surface area contributed by atoms with Gasteiger partial charge in [0.15, 0.2) is 0 Å². The fraction of sp³-hybridized carbons (Fsp3) is 0.417. The number of ether oxygens (including phenoxy) is 2. The van der Waals surface area contributed by atoms with Crippen LogP contribution in [-0.2, 0) is 30.1 Å². The second-order valence-corrected chi connectivity index (χ2v) is 5.56. The molecule has 0 aliphatic carbocycles. The van der Waals surface area contributed by atoms with Crippen molar-refractivity contribution in [2.75, 3.05) is 27.4 Å². The molecule has 0 saturated carbocycles. The summed E-state index contributed by atoms with van der Waals surface area (Å²) in [5, 5.41) is 0. The minimum Gasteiger partial charge on any atom is -0.465 e. The third kappa shape index (κ3) is 5.66. The molecule has 0 heterocycles. The predicted molar refractivity (Wildman–Crippen MR) is 71.4 cm³/mol. The molecular weight excluding hydrogens is 286 g/mol. The maximum Gasteiger partial charge on any atom is 0.337 e. The molecule has 0 fully saturated rings. The first-order valence-electron chi connectivity index (χ1n) is 5.76. The summed E-state index contributed by atoms with van der Waals surface area (Å²) < 4.78 is 32.7. The third-order valence-corrected chi connectivity index (χ3v) is 3.37. The van der Waals surface area contributed by atoms with Crippen molar-refractivity contribution in [3.63, 3.8) is 0 Å². The molecule has 0 amide bonds. The van der Waals surface area contributed by atoms with Gasteiger partial charge >= 0.3 is 5.97 Å². The molecule has 20 heavy (non-hydrogen) atoms. The molecule has 0 aliphatic heterocycles. The Morgan fingerprint density at radius 2 is 2.00 bits per heavy atom. The highest BCUT2D eigenvalue weighted by atomic mass is 32.2. The molecule has 0 bridgehead atoms. The third-order valence-electron chi connectivity index (χ3n) is 2.28. The summed E-state index contributed by atoms with van der Waals surface area (Å²) in [6, 6.07) is 6.19. The van der Waals surface area contributed by atoms with E-state index in [0.717, 1.165) is 0 Å². The van der Waals surface area contributed by atoms with Crippen LogP contribution >= 0.6 is 0 Å². The lowest BCUT2D eigenvalue weighted by Gasteiger charge is -2.07. The molecule has 0 aromatic heterocycles. The van der Waals surface area contributed by atoms with Gasteiger partial charge in [0.1, 0.15) is 0 Å². The number of carbonyl (C=O) groups excluding carboxylic acids is 1. The van der Waals surface area contributed by atoms with Crippen LogP contribution in [0.5, 0.6) is 0 Å². The molecule has 7 nitrogen and oxygen atoms in total. The zero-order chi connectivity index (χ0) is 15.0. The number of nitrogens with one attached hydrogen (secondary N) is 1. The van der Waals surface area contributed by atoms with E-state index in [9.17, 15) is 13.2 Å². The summed E-state index contributed by atoms with van der Waals surface area (Å²) in [4.78, 5) is 18.1. The summed E-state index contributed by atoms with van der Waals surface area (Å²) >= 11 is 0. The number of esters is 1. The Bertz CT molecular complexity index is 543. The lowest BCUT2D eigenvalue weighted by molar-refractivity contribution is 0.0438. The van der Waals surface area contributed by atoms with Crippen LogP contribution in [0.3, 0.4) is 0 Å². The number of benzene rings is 1. The van der Waals surface area contributed by atoms with E-state index < -0.39 is 16.0 Å². The number of hydrogen-bond acceptors (Lipinski definition) is 6. The topological polar surface area (TPSA) is 90.9 Å². The van der Waals surface area contributed by atoms with Gasteiger partial charge in [0.2, 0.25) is 10.0 Å². The molecule has 0 saturated heterocycles. The lowest BCUT2D eigenvalue weighted by atomic mass is 10.1. The van der Waals surface area contributed by atoms with Crippen LogP contribution in [0.4, 0.5) is 0 Å². The van der Waals surface area contributed by atoms with Gasteiger partial charge in [-0.3, -0.25) is 4.84 Å². The summed E-state index contributed by atoms with van der Waals surface area (Å²) in [5.41, 5.74) is 0.747. The van der Waals surface area contributed by atoms with Gasteiger partial charge in [0.05, 0.1) is 31.6 Å². The van der Waals surface area contributed by atoms with Gasteiger partial charge in [-0.05, 0) is 17.7 Å². The molecule has 0 atom stereocenters. The first kappa shape index (κ1) is 16.6. The molecule has 0 unspecified atom stereocenters. The minimum absolute atomic E-state index is 0.109. The Morgan fingerprint density at radius 3 is 2.65 bits per heavy atom. The van der Waals surface area contributed by atoms with Crippen LogP contribution in [0.1, 0.15) is 15.9 Å².